The Labute approximate surface area is 202 Å². The number of nitrogens with zero attached hydrogens (tertiary/aromatic N) is 1. The number of benzene rings is 2. The molecule has 0 aliphatic carbocycles. The molecule has 0 saturated carbocycles. The first-order valence-corrected chi connectivity index (χ1v) is 11.7. The van der Waals surface area contributed by atoms with E-state index in [1.807, 2.05) is 31.2 Å². The average molecular weight is 482 g/mol. The van der Waals surface area contributed by atoms with Crippen LogP contribution in [0.15, 0.2) is 70.4 Å². The second-order valence-electron chi connectivity index (χ2n) is 7.40. The minimum Gasteiger partial charge on any atom is -0.463 e. The molecule has 170 valence electrons. The number of ether oxygens (including phenoxy) is 1. The normalized spacial score (nSPS) is 15.5. The number of carbonyl (C=O) groups is 2. The molecule has 0 unspecified atom stereocenters. The van der Waals surface area contributed by atoms with E-state index >= 15 is 0 Å². The molecule has 1 aliphatic heterocycles. The monoisotopic (exact) mass is 481 g/mol. The molecule has 0 saturated heterocycles. The minimum atomic E-state index is -0.702. The first-order chi connectivity index (χ1) is 15.8. The van der Waals surface area contributed by atoms with E-state index < -0.39 is 11.9 Å². The van der Waals surface area contributed by atoms with Crippen LogP contribution in [0.5, 0.6) is 0 Å². The van der Waals surface area contributed by atoms with Crippen LogP contribution in [0, 0.1) is 18.3 Å². The number of thioether (sulfide) groups is 1. The number of amides is 1. The molecule has 2 aromatic carbocycles. The molecule has 2 N–H and O–H groups in total. The van der Waals surface area contributed by atoms with E-state index in [2.05, 4.69) is 16.7 Å². The molecule has 6 nitrogen and oxygen atoms in total. The van der Waals surface area contributed by atoms with Crippen molar-refractivity contribution in [3.8, 4) is 6.07 Å². The van der Waals surface area contributed by atoms with Crippen molar-refractivity contribution in [2.24, 2.45) is 0 Å². The molecule has 0 radical (unpaired) electrons. The fraction of sp³-hybridized carbons (Fsp3) is 0.240. The third-order valence-corrected chi connectivity index (χ3v) is 6.40. The van der Waals surface area contributed by atoms with Gasteiger partial charge in [0.05, 0.1) is 40.5 Å². The Morgan fingerprint density at radius 3 is 2.52 bits per heavy atom. The van der Waals surface area contributed by atoms with Crippen molar-refractivity contribution >= 4 is 40.9 Å². The van der Waals surface area contributed by atoms with Gasteiger partial charge in [0.2, 0.25) is 5.91 Å². The summed E-state index contributed by atoms with van der Waals surface area (Å²) in [5.41, 5.74) is 3.62. The Kier molecular flexibility index (Phi) is 8.21. The second-order valence-corrected chi connectivity index (χ2v) is 8.79. The third kappa shape index (κ3) is 5.78. The Morgan fingerprint density at radius 2 is 1.88 bits per heavy atom. The summed E-state index contributed by atoms with van der Waals surface area (Å²) in [6, 6.07) is 16.8. The van der Waals surface area contributed by atoms with Crippen LogP contribution >= 0.6 is 23.4 Å². The van der Waals surface area contributed by atoms with E-state index in [0.29, 0.717) is 38.1 Å². The van der Waals surface area contributed by atoms with Crippen LogP contribution in [0.2, 0.25) is 5.02 Å². The van der Waals surface area contributed by atoms with Crippen LogP contribution in [0.1, 0.15) is 30.9 Å². The van der Waals surface area contributed by atoms with Crippen molar-refractivity contribution in [1.29, 1.82) is 5.26 Å². The van der Waals surface area contributed by atoms with E-state index in [4.69, 9.17) is 16.3 Å². The van der Waals surface area contributed by atoms with Gasteiger partial charge < -0.3 is 15.4 Å². The number of nitriles is 1. The van der Waals surface area contributed by atoms with Gasteiger partial charge >= 0.3 is 5.97 Å². The SMILES string of the molecule is CCOC(=O)C1=C(C)NC(SCC(=O)Nc2ccc(C)cc2)=C(C#N)[C@H]1c1ccccc1Cl. The van der Waals surface area contributed by atoms with E-state index in [9.17, 15) is 14.9 Å². The Balaban J connectivity index is 1.90. The van der Waals surface area contributed by atoms with Crippen molar-refractivity contribution in [3.05, 3.63) is 86.6 Å². The van der Waals surface area contributed by atoms with Gasteiger partial charge in [-0.15, -0.1) is 0 Å². The number of dihydropyridines is 1. The van der Waals surface area contributed by atoms with Gasteiger partial charge in [0.25, 0.3) is 0 Å². The molecule has 33 heavy (non-hydrogen) atoms. The van der Waals surface area contributed by atoms with Crippen molar-refractivity contribution in [1.82, 2.24) is 5.32 Å². The molecule has 1 atom stereocenters. The molecule has 0 bridgehead atoms. The lowest BCUT2D eigenvalue weighted by atomic mass is 9.82. The summed E-state index contributed by atoms with van der Waals surface area (Å²) in [5, 5.41) is 17.0. The van der Waals surface area contributed by atoms with Gasteiger partial charge in [-0.1, -0.05) is 59.3 Å². The summed E-state index contributed by atoms with van der Waals surface area (Å²) in [5.74, 6) is -1.34. The lowest BCUT2D eigenvalue weighted by molar-refractivity contribution is -0.138. The van der Waals surface area contributed by atoms with Crippen LogP contribution in [0.3, 0.4) is 0 Å². The molecule has 1 amide bonds. The zero-order chi connectivity index (χ0) is 24.0. The van der Waals surface area contributed by atoms with E-state index in [1.165, 1.54) is 11.8 Å². The van der Waals surface area contributed by atoms with Crippen molar-refractivity contribution in [2.75, 3.05) is 17.7 Å². The van der Waals surface area contributed by atoms with Gasteiger partial charge in [0.1, 0.15) is 0 Å². The summed E-state index contributed by atoms with van der Waals surface area (Å²) in [6.07, 6.45) is 0. The Morgan fingerprint density at radius 1 is 1.18 bits per heavy atom. The summed E-state index contributed by atoms with van der Waals surface area (Å²) >= 11 is 7.65. The summed E-state index contributed by atoms with van der Waals surface area (Å²) in [6.45, 7) is 5.65. The molecule has 3 rings (SSSR count). The highest BCUT2D eigenvalue weighted by molar-refractivity contribution is 8.03. The molecule has 0 fully saturated rings. The van der Waals surface area contributed by atoms with Crippen molar-refractivity contribution in [2.45, 2.75) is 26.7 Å². The minimum absolute atomic E-state index is 0.0820. The quantitative estimate of drug-likeness (QED) is 0.523. The van der Waals surface area contributed by atoms with Gasteiger partial charge in [-0.05, 0) is 44.5 Å². The third-order valence-electron chi connectivity index (χ3n) is 5.04. The summed E-state index contributed by atoms with van der Waals surface area (Å²) in [4.78, 5) is 25.3. The van der Waals surface area contributed by atoms with E-state index in [1.54, 1.807) is 38.1 Å². The van der Waals surface area contributed by atoms with Crippen molar-refractivity contribution in [3.63, 3.8) is 0 Å². The maximum absolute atomic E-state index is 12.8. The van der Waals surface area contributed by atoms with Gasteiger partial charge in [-0.25, -0.2) is 4.79 Å². The number of nitrogens with one attached hydrogen (secondary N) is 2. The fourth-order valence-electron chi connectivity index (χ4n) is 3.50. The first kappa shape index (κ1) is 24.4. The Bertz CT molecular complexity index is 1170. The van der Waals surface area contributed by atoms with Gasteiger partial charge in [-0.3, -0.25) is 4.79 Å². The van der Waals surface area contributed by atoms with Crippen molar-refractivity contribution < 1.29 is 14.3 Å². The number of anilines is 1. The number of hydrogen-bond acceptors (Lipinski definition) is 6. The predicted molar refractivity (Wildman–Crippen MR) is 132 cm³/mol. The molecule has 0 aromatic heterocycles. The maximum atomic E-state index is 12.8. The number of aryl methyl sites for hydroxylation is 1. The largest absolute Gasteiger partial charge is 0.463 e. The highest BCUT2D eigenvalue weighted by atomic mass is 35.5. The lowest BCUT2D eigenvalue weighted by Gasteiger charge is -2.29. The molecule has 1 aliphatic rings. The van der Waals surface area contributed by atoms with Crippen LogP contribution < -0.4 is 10.6 Å². The predicted octanol–water partition coefficient (Wildman–Crippen LogP) is 5.28. The summed E-state index contributed by atoms with van der Waals surface area (Å²) < 4.78 is 5.26. The first-order valence-electron chi connectivity index (χ1n) is 10.4. The highest BCUT2D eigenvalue weighted by Gasteiger charge is 2.36. The summed E-state index contributed by atoms with van der Waals surface area (Å²) in [7, 11) is 0. The molecular formula is C25H24ClN3O3S. The van der Waals surface area contributed by atoms with Crippen LogP contribution in [-0.4, -0.2) is 24.2 Å². The second kappa shape index (κ2) is 11.1. The lowest BCUT2D eigenvalue weighted by Crippen LogP contribution is -2.29. The smallest absolute Gasteiger partial charge is 0.336 e. The van der Waals surface area contributed by atoms with Gasteiger partial charge in [0.15, 0.2) is 0 Å². The fourth-order valence-corrected chi connectivity index (χ4v) is 4.63. The zero-order valence-electron chi connectivity index (χ0n) is 18.6. The van der Waals surface area contributed by atoms with Gasteiger partial charge in [0, 0.05) is 16.4 Å². The number of allylic oxidation sites excluding steroid dienone is 2. The molecule has 1 heterocycles. The van der Waals surface area contributed by atoms with Crippen LogP contribution in [-0.2, 0) is 14.3 Å². The molecule has 8 heteroatoms. The Hall–Kier alpha value is -3.21. The topological polar surface area (TPSA) is 91.2 Å². The number of halogens is 1. The number of rotatable bonds is 7. The number of hydrogen-bond donors (Lipinski definition) is 2. The molecular weight excluding hydrogens is 458 g/mol. The highest BCUT2D eigenvalue weighted by Crippen LogP contribution is 2.43. The number of carbonyl (C=O) groups excluding carboxylic acids is 2. The van der Waals surface area contributed by atoms with Crippen LogP contribution in [0.25, 0.3) is 0 Å². The van der Waals surface area contributed by atoms with E-state index in [0.717, 1.165) is 5.56 Å². The number of esters is 1. The van der Waals surface area contributed by atoms with Gasteiger partial charge in [-0.2, -0.15) is 5.26 Å². The van der Waals surface area contributed by atoms with E-state index in [-0.39, 0.29) is 18.3 Å². The molecule has 0 spiro atoms. The standard InChI is InChI=1S/C25H24ClN3O3S/c1-4-32-25(31)22-16(3)28-24(19(13-27)23(22)18-7-5-6-8-20(18)26)33-14-21(30)29-17-11-9-15(2)10-12-17/h5-12,23,28H,4,14H2,1-3H3,(H,29,30)/t23-/m1/s1. The maximum Gasteiger partial charge on any atom is 0.336 e. The molecule has 2 aromatic rings. The zero-order valence-corrected chi connectivity index (χ0v) is 20.1. The average Bonchev–Trinajstić information content (AvgIpc) is 2.79. The van der Waals surface area contributed by atoms with Crippen LogP contribution in [0.4, 0.5) is 5.69 Å².